The van der Waals surface area contributed by atoms with Crippen molar-refractivity contribution < 1.29 is 0 Å². The minimum atomic E-state index is -1.19. The van der Waals surface area contributed by atoms with Crippen molar-refractivity contribution in [2.45, 2.75) is 58.5 Å². The lowest BCUT2D eigenvalue weighted by Gasteiger charge is -2.24. The Kier molecular flexibility index (Phi) is 5.20. The standard InChI is InChI=1S/C15H27Si2/c1-13-10-14(2)12-15(11-13)17(5,6)9-7-8-16(3)4/h10-12H,7-9H2,1-6H3. The first-order valence-corrected chi connectivity index (χ1v) is 12.6. The van der Waals surface area contributed by atoms with Gasteiger partial charge in [0.1, 0.15) is 0 Å². The fourth-order valence-electron chi connectivity index (χ4n) is 2.39. The zero-order chi connectivity index (χ0) is 13.1. The summed E-state index contributed by atoms with van der Waals surface area (Å²) in [5.41, 5.74) is 2.85. The van der Waals surface area contributed by atoms with Crippen LogP contribution >= 0.6 is 0 Å². The summed E-state index contributed by atoms with van der Waals surface area (Å²) in [5, 5.41) is 1.65. The summed E-state index contributed by atoms with van der Waals surface area (Å²) in [6.45, 7) is 14.4. The molecule has 0 fully saturated rings. The van der Waals surface area contributed by atoms with Crippen LogP contribution in [0.5, 0.6) is 0 Å². The van der Waals surface area contributed by atoms with E-state index < -0.39 is 8.07 Å². The van der Waals surface area contributed by atoms with Gasteiger partial charge in [-0.15, -0.1) is 0 Å². The van der Waals surface area contributed by atoms with Gasteiger partial charge in [0.15, 0.2) is 0 Å². The normalized spacial score (nSPS) is 12.2. The average Bonchev–Trinajstić information content (AvgIpc) is 2.14. The summed E-state index contributed by atoms with van der Waals surface area (Å²) in [5.74, 6) is 0. The molecular weight excluding hydrogens is 236 g/mol. The summed E-state index contributed by atoms with van der Waals surface area (Å²) in [6.07, 6.45) is 1.44. The van der Waals surface area contributed by atoms with Crippen molar-refractivity contribution in [1.29, 1.82) is 0 Å². The summed E-state index contributed by atoms with van der Waals surface area (Å²) in [4.78, 5) is 0. The van der Waals surface area contributed by atoms with Gasteiger partial charge in [-0.2, -0.15) is 0 Å². The topological polar surface area (TPSA) is 0 Å². The van der Waals surface area contributed by atoms with Crippen molar-refractivity contribution in [3.8, 4) is 0 Å². The molecule has 0 heterocycles. The van der Waals surface area contributed by atoms with E-state index in [1.54, 1.807) is 5.19 Å². The molecule has 0 bridgehead atoms. The molecular formula is C15H27Si2. The SMILES string of the molecule is Cc1cc(C)cc([Si](C)(C)CCC[Si](C)C)c1. The quantitative estimate of drug-likeness (QED) is 0.692. The molecule has 0 saturated heterocycles. The Balaban J connectivity index is 2.74. The molecule has 1 aromatic carbocycles. The maximum atomic E-state index is 2.53. The predicted octanol–water partition coefficient (Wildman–Crippen LogP) is 4.36. The lowest BCUT2D eigenvalue weighted by Crippen LogP contribution is -2.41. The second-order valence-corrected chi connectivity index (χ2v) is 14.1. The molecule has 95 valence electrons. The fraction of sp³-hybridized carbons (Fsp3) is 0.600. The maximum Gasteiger partial charge on any atom is 0.0806 e. The first kappa shape index (κ1) is 14.7. The van der Waals surface area contributed by atoms with Crippen LogP contribution in [0.4, 0.5) is 0 Å². The highest BCUT2D eigenvalue weighted by Gasteiger charge is 2.23. The molecule has 1 rings (SSSR count). The van der Waals surface area contributed by atoms with E-state index in [-0.39, 0.29) is 8.80 Å². The predicted molar refractivity (Wildman–Crippen MR) is 84.7 cm³/mol. The van der Waals surface area contributed by atoms with E-state index in [2.05, 4.69) is 58.2 Å². The molecule has 2 heteroatoms. The summed E-state index contributed by atoms with van der Waals surface area (Å²) in [7, 11) is -1.22. The number of rotatable bonds is 5. The Morgan fingerprint density at radius 2 is 1.53 bits per heavy atom. The van der Waals surface area contributed by atoms with E-state index in [1.807, 2.05) is 0 Å². The van der Waals surface area contributed by atoms with E-state index >= 15 is 0 Å². The molecule has 1 radical (unpaired) electrons. The number of hydrogen-bond donors (Lipinski definition) is 0. The lowest BCUT2D eigenvalue weighted by molar-refractivity contribution is 1.03. The van der Waals surface area contributed by atoms with Gasteiger partial charge in [0.05, 0.1) is 8.07 Å². The number of hydrogen-bond acceptors (Lipinski definition) is 0. The highest BCUT2D eigenvalue weighted by Crippen LogP contribution is 2.17. The first-order valence-electron chi connectivity index (χ1n) is 6.69. The molecule has 0 aliphatic rings. The monoisotopic (exact) mass is 263 g/mol. The van der Waals surface area contributed by atoms with E-state index in [4.69, 9.17) is 0 Å². The molecule has 0 atom stereocenters. The second kappa shape index (κ2) is 6.01. The van der Waals surface area contributed by atoms with Gasteiger partial charge in [-0.05, 0) is 13.8 Å². The maximum absolute atomic E-state index is 2.53. The van der Waals surface area contributed by atoms with Crippen LogP contribution in [0.15, 0.2) is 18.2 Å². The lowest BCUT2D eigenvalue weighted by atomic mass is 10.2. The molecule has 0 nitrogen and oxygen atoms in total. The van der Waals surface area contributed by atoms with Crippen molar-refractivity contribution >= 4 is 22.1 Å². The van der Waals surface area contributed by atoms with E-state index in [0.29, 0.717) is 0 Å². The zero-order valence-electron chi connectivity index (χ0n) is 12.4. The Morgan fingerprint density at radius 1 is 1.00 bits per heavy atom. The highest BCUT2D eigenvalue weighted by molar-refractivity contribution is 6.89. The van der Waals surface area contributed by atoms with Crippen molar-refractivity contribution in [2.75, 3.05) is 0 Å². The van der Waals surface area contributed by atoms with Crippen molar-refractivity contribution in [2.24, 2.45) is 0 Å². The molecule has 0 aliphatic carbocycles. The van der Waals surface area contributed by atoms with Crippen molar-refractivity contribution in [1.82, 2.24) is 0 Å². The van der Waals surface area contributed by atoms with Gasteiger partial charge in [0, 0.05) is 8.80 Å². The van der Waals surface area contributed by atoms with Gasteiger partial charge in [-0.25, -0.2) is 0 Å². The van der Waals surface area contributed by atoms with Crippen molar-refractivity contribution in [3.63, 3.8) is 0 Å². The Bertz CT molecular complexity index is 347. The molecule has 17 heavy (non-hydrogen) atoms. The van der Waals surface area contributed by atoms with Gasteiger partial charge >= 0.3 is 0 Å². The number of benzene rings is 1. The van der Waals surface area contributed by atoms with Crippen LogP contribution in [0, 0.1) is 13.8 Å². The Labute approximate surface area is 110 Å². The fourth-order valence-corrected chi connectivity index (χ4v) is 6.22. The number of aryl methyl sites for hydroxylation is 2. The van der Waals surface area contributed by atoms with Crippen LogP contribution in [0.2, 0.25) is 38.3 Å². The molecule has 0 unspecified atom stereocenters. The van der Waals surface area contributed by atoms with Crippen LogP contribution < -0.4 is 5.19 Å². The highest BCUT2D eigenvalue weighted by atomic mass is 28.3. The molecule has 0 spiro atoms. The van der Waals surface area contributed by atoms with Gasteiger partial charge in [0.2, 0.25) is 0 Å². The summed E-state index contributed by atoms with van der Waals surface area (Å²) in [6, 6.07) is 10.1. The smallest absolute Gasteiger partial charge is 0.0713 e. The average molecular weight is 264 g/mol. The molecule has 0 aromatic heterocycles. The summed E-state index contributed by atoms with van der Waals surface area (Å²) >= 11 is 0. The Hall–Kier alpha value is -0.346. The third-order valence-electron chi connectivity index (χ3n) is 3.48. The van der Waals surface area contributed by atoms with Crippen molar-refractivity contribution in [3.05, 3.63) is 29.3 Å². The van der Waals surface area contributed by atoms with Gasteiger partial charge in [0.25, 0.3) is 0 Å². The van der Waals surface area contributed by atoms with Gasteiger partial charge in [-0.1, -0.05) is 79.2 Å². The zero-order valence-corrected chi connectivity index (χ0v) is 14.4. The van der Waals surface area contributed by atoms with E-state index in [9.17, 15) is 0 Å². The third kappa shape index (κ3) is 4.80. The van der Waals surface area contributed by atoms with Crippen LogP contribution in [-0.2, 0) is 0 Å². The van der Waals surface area contributed by atoms with Crippen LogP contribution in [-0.4, -0.2) is 16.9 Å². The van der Waals surface area contributed by atoms with Gasteiger partial charge in [-0.3, -0.25) is 0 Å². The minimum absolute atomic E-state index is 0.0321. The molecule has 0 amide bonds. The second-order valence-electron chi connectivity index (χ2n) is 6.32. The summed E-state index contributed by atoms with van der Waals surface area (Å²) < 4.78 is 0. The van der Waals surface area contributed by atoms with E-state index in [1.165, 1.54) is 29.6 Å². The van der Waals surface area contributed by atoms with Crippen LogP contribution in [0.3, 0.4) is 0 Å². The van der Waals surface area contributed by atoms with Crippen LogP contribution in [0.1, 0.15) is 17.5 Å². The Morgan fingerprint density at radius 3 is 2.00 bits per heavy atom. The molecule has 1 aromatic rings. The third-order valence-corrected chi connectivity index (χ3v) is 8.29. The minimum Gasteiger partial charge on any atom is -0.0713 e. The first-order chi connectivity index (χ1) is 7.81. The molecule has 0 N–H and O–H groups in total. The molecule has 0 aliphatic heterocycles. The van der Waals surface area contributed by atoms with Gasteiger partial charge < -0.3 is 0 Å². The van der Waals surface area contributed by atoms with Crippen LogP contribution in [0.25, 0.3) is 0 Å². The van der Waals surface area contributed by atoms with E-state index in [0.717, 1.165) is 0 Å². The largest absolute Gasteiger partial charge is 0.0806 e. The molecule has 0 saturated carbocycles.